The van der Waals surface area contributed by atoms with Crippen LogP contribution in [0.1, 0.15) is 99.7 Å². The molecule has 2 aromatic carbocycles. The molecule has 79 heavy (non-hydrogen) atoms. The third-order valence-corrected chi connectivity index (χ3v) is 13.5. The van der Waals surface area contributed by atoms with Gasteiger partial charge in [0.15, 0.2) is 25.0 Å². The second-order valence-electron chi connectivity index (χ2n) is 17.5. The highest BCUT2D eigenvalue weighted by molar-refractivity contribution is 7.52. The minimum absolute atomic E-state index is 0.0112. The molecule has 8 atom stereocenters. The molecule has 0 radical (unpaired) electrons. The predicted molar refractivity (Wildman–Crippen MR) is 281 cm³/mol. The first-order valence-electron chi connectivity index (χ1n) is 25.1. The normalized spacial score (nSPS) is 19.0. The third kappa shape index (κ3) is 22.6. The fourth-order valence-corrected chi connectivity index (χ4v) is 9.30. The Morgan fingerprint density at radius 2 is 1.05 bits per heavy atom. The summed E-state index contributed by atoms with van der Waals surface area (Å²) in [4.78, 5) is 88.8. The van der Waals surface area contributed by atoms with Crippen molar-refractivity contribution in [3.8, 4) is 11.5 Å². The SMILES string of the molecule is CC(C)OC(=O)[C@H](C)NP(=O)(OC[C@H]1OC[C@@H](n2ccc(N)nc2=O)O1)Oc1ccccc1.CCC(=O)Cc1ccn([C@@H]2CO[C@H](COP(=O)(N[C@@H](C)C(=O)OC(C)C)Oc3ccccc3)O2)c(=O)n1.CCC(=O)OC(=O)CC. The second kappa shape index (κ2) is 31.9. The molecule has 2 fully saturated rings. The second-order valence-corrected chi connectivity index (χ2v) is 20.9. The number of esters is 4. The van der Waals surface area contributed by atoms with E-state index in [0.717, 1.165) is 0 Å². The van der Waals surface area contributed by atoms with Crippen molar-refractivity contribution in [1.82, 2.24) is 29.3 Å². The molecule has 0 bridgehead atoms. The number of nitrogens with one attached hydrogen (secondary N) is 2. The van der Waals surface area contributed by atoms with Crippen molar-refractivity contribution >= 4 is 51.0 Å². The van der Waals surface area contributed by atoms with Gasteiger partial charge in [0.05, 0.1) is 31.1 Å². The van der Waals surface area contributed by atoms with E-state index in [2.05, 4.69) is 24.9 Å². The molecule has 4 N–H and O–H groups in total. The smallest absolute Gasteiger partial charge is 0.459 e. The Balaban J connectivity index is 0.000000296. The van der Waals surface area contributed by atoms with Gasteiger partial charge >= 0.3 is 50.7 Å². The number of anilines is 1. The Morgan fingerprint density at radius 1 is 0.633 bits per heavy atom. The van der Waals surface area contributed by atoms with E-state index in [4.69, 9.17) is 52.2 Å². The average molecular weight is 1150 g/mol. The number of nitrogen functional groups attached to an aromatic ring is 1. The lowest BCUT2D eigenvalue weighted by Crippen LogP contribution is -2.36. The molecule has 29 heteroatoms. The molecule has 2 saturated heterocycles. The zero-order valence-corrected chi connectivity index (χ0v) is 47.1. The molecule has 2 aliphatic heterocycles. The number of carbonyl (C=O) groups excluding carboxylic acids is 5. The Hall–Kier alpha value is -6.51. The van der Waals surface area contributed by atoms with Crippen LogP contribution in [0.2, 0.25) is 0 Å². The van der Waals surface area contributed by atoms with E-state index in [9.17, 15) is 42.7 Å². The van der Waals surface area contributed by atoms with Crippen molar-refractivity contribution in [3.05, 3.63) is 112 Å². The number of Topliss-reactive ketones (excluding diaryl/α,β-unsaturated/α-hetero) is 1. The van der Waals surface area contributed by atoms with E-state index in [1.165, 1.54) is 41.4 Å². The van der Waals surface area contributed by atoms with Gasteiger partial charge in [-0.1, -0.05) is 57.2 Å². The molecular formula is C50H69N7O20P2. The molecule has 4 heterocycles. The maximum absolute atomic E-state index is 13.5. The molecule has 0 saturated carbocycles. The summed E-state index contributed by atoms with van der Waals surface area (Å²) >= 11 is 0. The number of nitrogens with two attached hydrogens (primary N) is 1. The van der Waals surface area contributed by atoms with E-state index in [-0.39, 0.29) is 81.0 Å². The van der Waals surface area contributed by atoms with Crippen LogP contribution in [0.3, 0.4) is 0 Å². The molecule has 0 amide bonds. The van der Waals surface area contributed by atoms with Gasteiger partial charge in [0.25, 0.3) is 0 Å². The summed E-state index contributed by atoms with van der Waals surface area (Å²) in [5.74, 6) is -1.57. The largest absolute Gasteiger partial charge is 0.462 e. The van der Waals surface area contributed by atoms with Crippen LogP contribution in [0.5, 0.6) is 11.5 Å². The average Bonchev–Trinajstić information content (AvgIpc) is 4.08. The zero-order valence-electron chi connectivity index (χ0n) is 45.3. The van der Waals surface area contributed by atoms with E-state index < -0.39 is 87.9 Å². The maximum atomic E-state index is 13.5. The van der Waals surface area contributed by atoms with Gasteiger partial charge in [0.1, 0.15) is 48.4 Å². The van der Waals surface area contributed by atoms with Gasteiger partial charge in [-0.05, 0) is 77.9 Å². The highest BCUT2D eigenvalue weighted by Gasteiger charge is 2.38. The number of carbonyl (C=O) groups is 5. The molecule has 4 aromatic rings. The number of benzene rings is 2. The summed E-state index contributed by atoms with van der Waals surface area (Å²) in [5, 5.41) is 5.16. The number of hydrogen-bond donors (Lipinski definition) is 3. The number of hydrogen-bond acceptors (Lipinski definition) is 23. The third-order valence-electron chi connectivity index (χ3n) is 10.2. The van der Waals surface area contributed by atoms with Crippen LogP contribution in [-0.4, -0.2) is 112 Å². The van der Waals surface area contributed by atoms with Crippen molar-refractivity contribution in [2.24, 2.45) is 0 Å². The van der Waals surface area contributed by atoms with E-state index in [1.807, 2.05) is 0 Å². The van der Waals surface area contributed by atoms with Crippen molar-refractivity contribution in [2.75, 3.05) is 32.2 Å². The number of nitrogens with zero attached hydrogens (tertiary/aromatic N) is 4. The Bertz CT molecular complexity index is 2830. The van der Waals surface area contributed by atoms with Crippen LogP contribution < -0.4 is 36.3 Å². The molecule has 2 aliphatic rings. The van der Waals surface area contributed by atoms with E-state index in [1.54, 1.807) is 115 Å². The fraction of sp³-hybridized carbons (Fsp3) is 0.500. The summed E-state index contributed by atoms with van der Waals surface area (Å²) < 4.78 is 88.6. The lowest BCUT2D eigenvalue weighted by atomic mass is 10.2. The highest BCUT2D eigenvalue weighted by Crippen LogP contribution is 2.47. The maximum Gasteiger partial charge on any atom is 0.459 e. The molecular weight excluding hydrogens is 1080 g/mol. The first-order valence-corrected chi connectivity index (χ1v) is 28.2. The summed E-state index contributed by atoms with van der Waals surface area (Å²) in [7, 11) is -8.16. The van der Waals surface area contributed by atoms with Gasteiger partial charge < -0.3 is 47.9 Å². The molecule has 0 spiro atoms. The van der Waals surface area contributed by atoms with Crippen molar-refractivity contribution in [2.45, 2.75) is 137 Å². The number of ketones is 1. The zero-order chi connectivity index (χ0) is 58.3. The minimum Gasteiger partial charge on any atom is -0.462 e. The molecule has 434 valence electrons. The number of ether oxygens (including phenoxy) is 7. The lowest BCUT2D eigenvalue weighted by Gasteiger charge is -2.24. The first-order chi connectivity index (χ1) is 37.4. The fourth-order valence-electron chi connectivity index (χ4n) is 6.35. The van der Waals surface area contributed by atoms with Crippen LogP contribution in [0.4, 0.5) is 5.82 Å². The Morgan fingerprint density at radius 3 is 1.43 bits per heavy atom. The van der Waals surface area contributed by atoms with Crippen LogP contribution in [-0.2, 0) is 81.7 Å². The van der Waals surface area contributed by atoms with Crippen molar-refractivity contribution < 1.29 is 84.4 Å². The standard InChI is InChI=1S/C24H32N3O9P.C20H27N4O8P.C6H10O3/c1-5-19(28)13-18-11-12-27(24(30)25-18)21-14-32-22(35-21)15-33-37(31,36-20-9-7-6-8-10-20)26-17(4)23(29)34-16(2)3;1-13(2)30-19(25)14(3)23-33(27,32-15-7-5-4-6-8-15)29-12-18-28-11-17(31-18)24-10-9-16(21)22-20(24)26;1-3-5(7)9-6(8)4-2/h6-12,16-17,21-22H,5,13-15H2,1-4H3,(H,26,31);4-10,13-14,17-18H,11-12H2,1-3H3,(H,23,27)(H2,21,22,26);3-4H2,1-2H3/t17-,21-,22-,37?;14-,17-,18-,33?;/m00./s1. The minimum atomic E-state index is -4.10. The Kier molecular flexibility index (Phi) is 26.3. The monoisotopic (exact) mass is 1150 g/mol. The van der Waals surface area contributed by atoms with Crippen LogP contribution in [0.15, 0.2) is 94.8 Å². The first kappa shape index (κ1) is 65.0. The highest BCUT2D eigenvalue weighted by atomic mass is 31.2. The number of para-hydroxylation sites is 2. The van der Waals surface area contributed by atoms with Crippen LogP contribution in [0, 0.1) is 0 Å². The van der Waals surface area contributed by atoms with Gasteiger partial charge in [-0.2, -0.15) is 20.1 Å². The summed E-state index contributed by atoms with van der Waals surface area (Å²) in [6, 6.07) is 17.7. The summed E-state index contributed by atoms with van der Waals surface area (Å²) in [5.41, 5.74) is 4.69. The van der Waals surface area contributed by atoms with Gasteiger partial charge in [-0.25, -0.2) is 18.7 Å². The molecule has 27 nitrogen and oxygen atoms in total. The molecule has 2 aromatic heterocycles. The van der Waals surface area contributed by atoms with E-state index >= 15 is 0 Å². The van der Waals surface area contributed by atoms with Crippen molar-refractivity contribution in [3.63, 3.8) is 0 Å². The van der Waals surface area contributed by atoms with E-state index in [0.29, 0.717) is 12.1 Å². The molecule has 6 rings (SSSR count). The molecule has 2 unspecified atom stereocenters. The predicted octanol–water partition coefficient (Wildman–Crippen LogP) is 5.48. The van der Waals surface area contributed by atoms with Gasteiger partial charge in [-0.15, -0.1) is 0 Å². The topological polar surface area (TPSA) is 341 Å². The summed E-state index contributed by atoms with van der Waals surface area (Å²) in [6.45, 7) is 14.2. The molecule has 0 aliphatic carbocycles. The van der Waals surface area contributed by atoms with Crippen LogP contribution in [0.25, 0.3) is 0 Å². The number of rotatable bonds is 25. The quantitative estimate of drug-likeness (QED) is 0.0320. The van der Waals surface area contributed by atoms with Crippen LogP contribution >= 0.6 is 15.5 Å². The lowest BCUT2D eigenvalue weighted by molar-refractivity contribution is -0.159. The number of aromatic nitrogens is 4. The van der Waals surface area contributed by atoms with Gasteiger partial charge in [0.2, 0.25) is 0 Å². The van der Waals surface area contributed by atoms with Gasteiger partial charge in [0, 0.05) is 38.1 Å². The Labute approximate surface area is 456 Å². The van der Waals surface area contributed by atoms with Gasteiger partial charge in [-0.3, -0.25) is 42.2 Å². The van der Waals surface area contributed by atoms with Crippen molar-refractivity contribution in [1.29, 1.82) is 0 Å². The summed E-state index contributed by atoms with van der Waals surface area (Å²) in [6.07, 6.45) is -0.326.